The van der Waals surface area contributed by atoms with Crippen LogP contribution in [0.1, 0.15) is 58.8 Å². The smallest absolute Gasteiger partial charge is 0.313 e. The summed E-state index contributed by atoms with van der Waals surface area (Å²) >= 11 is 1.53. The van der Waals surface area contributed by atoms with Crippen LogP contribution in [0, 0.1) is 28.6 Å². The number of hydrogen-bond donors (Lipinski definition) is 1. The summed E-state index contributed by atoms with van der Waals surface area (Å²) in [5.41, 5.74) is 1.07. The Kier molecular flexibility index (Phi) is 4.37. The molecule has 0 aliphatic heterocycles. The minimum atomic E-state index is -0.783. The molecule has 5 heteroatoms. The Balaban J connectivity index is 1.73. The molecule has 4 rings (SSSR count). The summed E-state index contributed by atoms with van der Waals surface area (Å²) in [6.07, 6.45) is 7.81. The van der Waals surface area contributed by atoms with Crippen molar-refractivity contribution in [2.24, 2.45) is 28.6 Å². The first-order chi connectivity index (χ1) is 12.3. The summed E-state index contributed by atoms with van der Waals surface area (Å²) in [5, 5.41) is 9.41. The van der Waals surface area contributed by atoms with Crippen LogP contribution in [0.5, 0.6) is 0 Å². The molecule has 0 heterocycles. The van der Waals surface area contributed by atoms with Gasteiger partial charge in [0.25, 0.3) is 0 Å². The second kappa shape index (κ2) is 6.22. The Morgan fingerprint density at radius 2 is 1.88 bits per heavy atom. The number of allylic oxidation sites excluding steroid dienone is 1. The third-order valence-corrected chi connectivity index (χ3v) is 9.41. The number of fused-ring (bicyclic) bond motifs is 5. The zero-order valence-corrected chi connectivity index (χ0v) is 16.4. The first kappa shape index (κ1) is 18.3. The second-order valence-electron chi connectivity index (χ2n) is 9.21. The third kappa shape index (κ3) is 2.61. The van der Waals surface area contributed by atoms with Crippen molar-refractivity contribution in [1.29, 1.82) is 0 Å². The zero-order valence-electron chi connectivity index (χ0n) is 15.6. The first-order valence-electron chi connectivity index (χ1n) is 9.86. The van der Waals surface area contributed by atoms with Gasteiger partial charge in [0.15, 0.2) is 5.78 Å². The fourth-order valence-electron chi connectivity index (χ4n) is 6.62. The van der Waals surface area contributed by atoms with Gasteiger partial charge < -0.3 is 5.11 Å². The van der Waals surface area contributed by atoms with Crippen LogP contribution in [0.25, 0.3) is 0 Å². The van der Waals surface area contributed by atoms with E-state index in [0.717, 1.165) is 32.1 Å². The standard InChI is InChI=1S/C21H28O4S/c1-20-7-5-13(22)9-12(20)10-16(26-11-18(24)25)19-14-3-4-17(23)21(14,2)8-6-15(19)20/h9,14-16,19H,3-8,10-11H2,1-2H3,(H,24,25)/t14?,15?,16?,19?,20-,21-/m0/s1. The van der Waals surface area contributed by atoms with Crippen LogP contribution < -0.4 is 0 Å². The van der Waals surface area contributed by atoms with Crippen LogP contribution >= 0.6 is 11.8 Å². The van der Waals surface area contributed by atoms with Gasteiger partial charge in [0.1, 0.15) is 5.78 Å². The molecule has 0 radical (unpaired) electrons. The number of rotatable bonds is 3. The number of carboxylic acid groups (broad SMARTS) is 1. The van der Waals surface area contributed by atoms with E-state index in [2.05, 4.69) is 13.8 Å². The number of Topliss-reactive ketones (excluding diaryl/α,β-unsaturated/α-hetero) is 1. The number of carboxylic acids is 1. The Labute approximate surface area is 159 Å². The normalized spacial score (nSPS) is 44.8. The molecule has 4 unspecified atom stereocenters. The average molecular weight is 377 g/mol. The number of carbonyl (C=O) groups excluding carboxylic acids is 2. The molecule has 26 heavy (non-hydrogen) atoms. The van der Waals surface area contributed by atoms with Crippen LogP contribution in [-0.4, -0.2) is 33.6 Å². The van der Waals surface area contributed by atoms with E-state index < -0.39 is 5.97 Å². The zero-order chi connectivity index (χ0) is 18.7. The molecule has 142 valence electrons. The first-order valence-corrected chi connectivity index (χ1v) is 10.9. The quantitative estimate of drug-likeness (QED) is 0.809. The fourth-order valence-corrected chi connectivity index (χ4v) is 7.88. The van der Waals surface area contributed by atoms with Gasteiger partial charge in [-0.2, -0.15) is 0 Å². The lowest BCUT2D eigenvalue weighted by Crippen LogP contribution is -2.54. The molecule has 0 saturated heterocycles. The molecule has 0 amide bonds. The van der Waals surface area contributed by atoms with E-state index in [1.807, 2.05) is 6.08 Å². The maximum absolute atomic E-state index is 12.6. The van der Waals surface area contributed by atoms with Crippen LogP contribution in [0.15, 0.2) is 11.6 Å². The Hall–Kier alpha value is -1.10. The highest BCUT2D eigenvalue weighted by atomic mass is 32.2. The summed E-state index contributed by atoms with van der Waals surface area (Å²) in [7, 11) is 0. The van der Waals surface area contributed by atoms with E-state index in [1.165, 1.54) is 17.3 Å². The van der Waals surface area contributed by atoms with Crippen molar-refractivity contribution >= 4 is 29.3 Å². The predicted octanol–water partition coefficient (Wildman–Crippen LogP) is 3.88. The Morgan fingerprint density at radius 1 is 1.15 bits per heavy atom. The summed E-state index contributed by atoms with van der Waals surface area (Å²) in [6, 6.07) is 0. The average Bonchev–Trinajstić information content (AvgIpc) is 2.89. The van der Waals surface area contributed by atoms with Gasteiger partial charge in [-0.15, -0.1) is 11.8 Å². The molecule has 0 bridgehead atoms. The Bertz CT molecular complexity index is 698. The van der Waals surface area contributed by atoms with E-state index in [-0.39, 0.29) is 27.6 Å². The van der Waals surface area contributed by atoms with Crippen molar-refractivity contribution in [3.63, 3.8) is 0 Å². The van der Waals surface area contributed by atoms with Gasteiger partial charge in [-0.05, 0) is 61.3 Å². The highest BCUT2D eigenvalue weighted by Gasteiger charge is 2.61. The van der Waals surface area contributed by atoms with Gasteiger partial charge in [0.2, 0.25) is 0 Å². The van der Waals surface area contributed by atoms with Gasteiger partial charge in [-0.25, -0.2) is 0 Å². The van der Waals surface area contributed by atoms with Crippen molar-refractivity contribution < 1.29 is 19.5 Å². The summed E-state index contributed by atoms with van der Waals surface area (Å²) in [5.74, 6) is 1.17. The van der Waals surface area contributed by atoms with Crippen molar-refractivity contribution in [1.82, 2.24) is 0 Å². The molecule has 0 spiro atoms. The topological polar surface area (TPSA) is 71.4 Å². The lowest BCUT2D eigenvalue weighted by atomic mass is 9.47. The van der Waals surface area contributed by atoms with Crippen LogP contribution in [0.4, 0.5) is 0 Å². The van der Waals surface area contributed by atoms with E-state index >= 15 is 0 Å². The van der Waals surface area contributed by atoms with Gasteiger partial charge in [-0.1, -0.05) is 19.4 Å². The van der Waals surface area contributed by atoms with Gasteiger partial charge in [0, 0.05) is 23.5 Å². The van der Waals surface area contributed by atoms with Crippen LogP contribution in [-0.2, 0) is 14.4 Å². The molecule has 4 nitrogen and oxygen atoms in total. The van der Waals surface area contributed by atoms with Gasteiger partial charge in [0.05, 0.1) is 5.75 Å². The summed E-state index contributed by atoms with van der Waals surface area (Å²) in [4.78, 5) is 35.9. The number of carbonyl (C=O) groups is 3. The minimum Gasteiger partial charge on any atom is -0.481 e. The van der Waals surface area contributed by atoms with Gasteiger partial charge >= 0.3 is 5.97 Å². The van der Waals surface area contributed by atoms with Crippen molar-refractivity contribution in [3.8, 4) is 0 Å². The molecule has 4 aliphatic rings. The highest BCUT2D eigenvalue weighted by Crippen LogP contribution is 2.65. The lowest BCUT2D eigenvalue weighted by molar-refractivity contribution is -0.134. The molecular weight excluding hydrogens is 348 g/mol. The molecule has 1 N–H and O–H groups in total. The van der Waals surface area contributed by atoms with Crippen LogP contribution in [0.2, 0.25) is 0 Å². The predicted molar refractivity (Wildman–Crippen MR) is 101 cm³/mol. The second-order valence-corrected chi connectivity index (χ2v) is 10.4. The molecule has 4 aliphatic carbocycles. The van der Waals surface area contributed by atoms with Crippen molar-refractivity contribution in [2.75, 3.05) is 5.75 Å². The molecule has 6 atom stereocenters. The van der Waals surface area contributed by atoms with Gasteiger partial charge in [-0.3, -0.25) is 14.4 Å². The number of ketones is 2. The van der Waals surface area contributed by atoms with Crippen molar-refractivity contribution in [3.05, 3.63) is 11.6 Å². The minimum absolute atomic E-state index is 0.0474. The summed E-state index contributed by atoms with van der Waals surface area (Å²) < 4.78 is 0. The summed E-state index contributed by atoms with van der Waals surface area (Å²) in [6.45, 7) is 4.47. The fraction of sp³-hybridized carbons (Fsp3) is 0.762. The highest BCUT2D eigenvalue weighted by molar-refractivity contribution is 8.00. The SMILES string of the molecule is C[C@]12CCC(=O)C=C1CC(SCC(=O)O)C1C2CC[C@]2(C)C(=O)CCC12. The molecule has 0 aromatic carbocycles. The molecule has 3 saturated carbocycles. The molecule has 0 aromatic heterocycles. The van der Waals surface area contributed by atoms with E-state index in [9.17, 15) is 19.5 Å². The van der Waals surface area contributed by atoms with E-state index in [4.69, 9.17) is 0 Å². The number of hydrogen-bond acceptors (Lipinski definition) is 4. The molecule has 3 fully saturated rings. The number of aliphatic carboxylic acids is 1. The maximum Gasteiger partial charge on any atom is 0.313 e. The Morgan fingerprint density at radius 3 is 2.62 bits per heavy atom. The third-order valence-electron chi connectivity index (χ3n) is 8.09. The monoisotopic (exact) mass is 376 g/mol. The lowest BCUT2D eigenvalue weighted by Gasteiger charge is -2.59. The van der Waals surface area contributed by atoms with Crippen molar-refractivity contribution in [2.45, 2.75) is 64.0 Å². The molecular formula is C21H28O4S. The number of thioether (sulfide) groups is 1. The molecule has 0 aromatic rings. The maximum atomic E-state index is 12.6. The largest absolute Gasteiger partial charge is 0.481 e. The van der Waals surface area contributed by atoms with Crippen LogP contribution in [0.3, 0.4) is 0 Å². The van der Waals surface area contributed by atoms with E-state index in [1.54, 1.807) is 0 Å². The van der Waals surface area contributed by atoms with E-state index in [0.29, 0.717) is 36.4 Å².